The maximum Gasteiger partial charge on any atom is 0.257 e. The molecule has 25 heavy (non-hydrogen) atoms. The molecule has 0 saturated heterocycles. The zero-order valence-electron chi connectivity index (χ0n) is 12.5. The molecule has 3 rings (SSSR count). The van der Waals surface area contributed by atoms with Crippen LogP contribution in [0.2, 0.25) is 5.02 Å². The summed E-state index contributed by atoms with van der Waals surface area (Å²) in [6.07, 6.45) is 0. The number of hydrogen-bond donors (Lipinski definition) is 1. The van der Waals surface area contributed by atoms with E-state index in [2.05, 4.69) is 9.69 Å². The number of nitrogens with one attached hydrogen (secondary N) is 1. The van der Waals surface area contributed by atoms with Gasteiger partial charge in [0.25, 0.3) is 5.91 Å². The minimum Gasteiger partial charge on any atom is -0.324 e. The van der Waals surface area contributed by atoms with Crippen molar-refractivity contribution in [3.63, 3.8) is 0 Å². The number of alkyl halides is 2. The average molecular weight is 416 g/mol. The SMILES string of the molecule is O=C(Nc1ccc(-c2cc(-c3c(F)cccc3Cl)sn2)cc1)C(Cl)Cl. The molecule has 2 aromatic carbocycles. The van der Waals surface area contributed by atoms with E-state index in [1.54, 1.807) is 42.5 Å². The number of amides is 1. The second-order valence-corrected chi connectivity index (χ2v) is 7.35. The van der Waals surface area contributed by atoms with Crippen LogP contribution in [0.5, 0.6) is 0 Å². The first kappa shape index (κ1) is 18.1. The number of carbonyl (C=O) groups excluding carboxylic acids is 1. The molecule has 0 atom stereocenters. The van der Waals surface area contributed by atoms with Crippen LogP contribution in [0.25, 0.3) is 21.7 Å². The minimum absolute atomic E-state index is 0.338. The van der Waals surface area contributed by atoms with Crippen molar-refractivity contribution in [2.24, 2.45) is 0 Å². The van der Waals surface area contributed by atoms with E-state index in [1.807, 2.05) is 0 Å². The predicted octanol–water partition coefficient (Wildman–Crippen LogP) is 6.01. The lowest BCUT2D eigenvalue weighted by Crippen LogP contribution is -2.18. The molecule has 3 nitrogen and oxygen atoms in total. The second-order valence-electron chi connectivity index (χ2n) is 5.04. The fourth-order valence-electron chi connectivity index (χ4n) is 2.18. The van der Waals surface area contributed by atoms with Crippen LogP contribution >= 0.6 is 46.3 Å². The number of carbonyl (C=O) groups is 1. The van der Waals surface area contributed by atoms with Crippen LogP contribution in [0, 0.1) is 5.82 Å². The highest BCUT2D eigenvalue weighted by atomic mass is 35.5. The molecule has 0 bridgehead atoms. The summed E-state index contributed by atoms with van der Waals surface area (Å²) in [6.45, 7) is 0. The Bertz CT molecular complexity index is 892. The number of anilines is 1. The highest BCUT2D eigenvalue weighted by Gasteiger charge is 2.14. The van der Waals surface area contributed by atoms with E-state index in [4.69, 9.17) is 34.8 Å². The monoisotopic (exact) mass is 414 g/mol. The molecule has 1 heterocycles. The van der Waals surface area contributed by atoms with E-state index in [0.717, 1.165) is 5.56 Å². The van der Waals surface area contributed by atoms with Crippen molar-refractivity contribution in [2.75, 3.05) is 5.32 Å². The minimum atomic E-state index is -1.13. The Labute approximate surface area is 162 Å². The lowest BCUT2D eigenvalue weighted by molar-refractivity contribution is -0.114. The normalized spacial score (nSPS) is 10.9. The van der Waals surface area contributed by atoms with E-state index in [9.17, 15) is 9.18 Å². The van der Waals surface area contributed by atoms with Crippen molar-refractivity contribution >= 4 is 57.9 Å². The van der Waals surface area contributed by atoms with Crippen molar-refractivity contribution in [2.45, 2.75) is 4.84 Å². The fourth-order valence-corrected chi connectivity index (χ4v) is 3.43. The first-order valence-corrected chi connectivity index (χ1v) is 9.08. The van der Waals surface area contributed by atoms with Gasteiger partial charge in [0.1, 0.15) is 5.82 Å². The first-order valence-electron chi connectivity index (χ1n) is 7.06. The maximum atomic E-state index is 14.0. The molecular weight excluding hydrogens is 406 g/mol. The Morgan fingerprint density at radius 1 is 1.16 bits per heavy atom. The van der Waals surface area contributed by atoms with E-state index in [0.29, 0.717) is 26.8 Å². The van der Waals surface area contributed by atoms with Gasteiger partial charge >= 0.3 is 0 Å². The zero-order valence-corrected chi connectivity index (χ0v) is 15.6. The summed E-state index contributed by atoms with van der Waals surface area (Å²) >= 11 is 18.2. The second kappa shape index (κ2) is 7.70. The lowest BCUT2D eigenvalue weighted by Gasteiger charge is -2.06. The number of hydrogen-bond acceptors (Lipinski definition) is 3. The van der Waals surface area contributed by atoms with Crippen LogP contribution in [-0.4, -0.2) is 15.1 Å². The van der Waals surface area contributed by atoms with E-state index in [-0.39, 0.29) is 0 Å². The molecular formula is C17H10Cl3FN2OS. The zero-order chi connectivity index (χ0) is 18.0. The highest BCUT2D eigenvalue weighted by Crippen LogP contribution is 2.36. The van der Waals surface area contributed by atoms with Crippen molar-refractivity contribution < 1.29 is 9.18 Å². The molecule has 0 radical (unpaired) electrons. The third-order valence-corrected chi connectivity index (χ3v) is 4.88. The van der Waals surface area contributed by atoms with E-state index >= 15 is 0 Å². The summed E-state index contributed by atoms with van der Waals surface area (Å²) in [5.74, 6) is -0.890. The first-order chi connectivity index (χ1) is 12.0. The molecule has 0 aliphatic heterocycles. The third kappa shape index (κ3) is 4.12. The quantitative estimate of drug-likeness (QED) is 0.530. The molecule has 0 spiro atoms. The maximum absolute atomic E-state index is 14.0. The Balaban J connectivity index is 1.84. The Hall–Kier alpha value is -1.66. The number of nitrogens with zero attached hydrogens (tertiary/aromatic N) is 1. The lowest BCUT2D eigenvalue weighted by atomic mass is 10.1. The molecule has 1 N–H and O–H groups in total. The van der Waals surface area contributed by atoms with Crippen molar-refractivity contribution in [3.05, 3.63) is 59.4 Å². The molecule has 8 heteroatoms. The van der Waals surface area contributed by atoms with Crippen molar-refractivity contribution in [3.8, 4) is 21.7 Å². The van der Waals surface area contributed by atoms with E-state index < -0.39 is 16.6 Å². The molecule has 1 aromatic heterocycles. The van der Waals surface area contributed by atoms with Gasteiger partial charge in [-0.15, -0.1) is 0 Å². The molecule has 128 valence electrons. The summed E-state index contributed by atoms with van der Waals surface area (Å²) in [5.41, 5.74) is 2.41. The smallest absolute Gasteiger partial charge is 0.257 e. The summed E-state index contributed by atoms with van der Waals surface area (Å²) in [7, 11) is 0. The average Bonchev–Trinajstić information content (AvgIpc) is 3.05. The van der Waals surface area contributed by atoms with Gasteiger partial charge in [-0.3, -0.25) is 4.79 Å². The van der Waals surface area contributed by atoms with Gasteiger partial charge in [-0.1, -0.05) is 53.0 Å². The van der Waals surface area contributed by atoms with Crippen LogP contribution in [0.1, 0.15) is 0 Å². The van der Waals surface area contributed by atoms with Gasteiger partial charge in [-0.25, -0.2) is 4.39 Å². The van der Waals surface area contributed by atoms with Gasteiger partial charge in [-0.05, 0) is 41.9 Å². The highest BCUT2D eigenvalue weighted by molar-refractivity contribution is 7.10. The molecule has 0 aliphatic rings. The summed E-state index contributed by atoms with van der Waals surface area (Å²) in [4.78, 5) is 11.0. The van der Waals surface area contributed by atoms with Crippen LogP contribution in [0.3, 0.4) is 0 Å². The van der Waals surface area contributed by atoms with Gasteiger partial charge < -0.3 is 5.32 Å². The topological polar surface area (TPSA) is 42.0 Å². The van der Waals surface area contributed by atoms with Crippen LogP contribution in [0.15, 0.2) is 48.5 Å². The van der Waals surface area contributed by atoms with Crippen LogP contribution in [-0.2, 0) is 4.79 Å². The Morgan fingerprint density at radius 2 is 1.88 bits per heavy atom. The summed E-state index contributed by atoms with van der Waals surface area (Å²) in [5, 5.41) is 2.92. The van der Waals surface area contributed by atoms with Gasteiger partial charge in [0, 0.05) is 16.8 Å². The number of halogens is 4. The Morgan fingerprint density at radius 3 is 2.52 bits per heavy atom. The van der Waals surface area contributed by atoms with Crippen LogP contribution < -0.4 is 5.32 Å². The molecule has 0 aliphatic carbocycles. The predicted molar refractivity (Wildman–Crippen MR) is 102 cm³/mol. The van der Waals surface area contributed by atoms with Gasteiger partial charge in [0.15, 0.2) is 4.84 Å². The number of aromatic nitrogens is 1. The standard InChI is InChI=1S/C17H10Cl3FN2OS/c18-11-2-1-3-12(21)15(11)14-8-13(23-25-14)9-4-6-10(7-5-9)22-17(24)16(19)20/h1-8,16H,(H,22,24). The van der Waals surface area contributed by atoms with Gasteiger partial charge in [0.2, 0.25) is 0 Å². The number of rotatable bonds is 4. The summed E-state index contributed by atoms with van der Waals surface area (Å²) in [6, 6.07) is 13.3. The molecule has 1 amide bonds. The van der Waals surface area contributed by atoms with E-state index in [1.165, 1.54) is 17.6 Å². The van der Waals surface area contributed by atoms with Crippen molar-refractivity contribution in [1.82, 2.24) is 4.37 Å². The number of benzene rings is 2. The molecule has 3 aromatic rings. The van der Waals surface area contributed by atoms with Crippen molar-refractivity contribution in [1.29, 1.82) is 0 Å². The summed E-state index contributed by atoms with van der Waals surface area (Å²) < 4.78 is 18.4. The van der Waals surface area contributed by atoms with Gasteiger partial charge in [-0.2, -0.15) is 4.37 Å². The molecule has 0 saturated carbocycles. The fraction of sp³-hybridized carbons (Fsp3) is 0.0588. The third-order valence-electron chi connectivity index (χ3n) is 3.37. The van der Waals surface area contributed by atoms with Gasteiger partial charge in [0.05, 0.1) is 15.6 Å². The van der Waals surface area contributed by atoms with Crippen LogP contribution in [0.4, 0.5) is 10.1 Å². The molecule has 0 unspecified atom stereocenters. The largest absolute Gasteiger partial charge is 0.324 e. The Kier molecular flexibility index (Phi) is 5.59. The molecule has 0 fully saturated rings.